The molecule has 0 N–H and O–H groups in total. The smallest absolute Gasteiger partial charge is 0.264 e. The van der Waals surface area contributed by atoms with Crippen molar-refractivity contribution >= 4 is 28.3 Å². The molecule has 166 valence electrons. The molecule has 0 aliphatic carbocycles. The average molecular weight is 449 g/mol. The van der Waals surface area contributed by atoms with E-state index >= 15 is 0 Å². The van der Waals surface area contributed by atoms with Gasteiger partial charge in [0.2, 0.25) is 5.78 Å². The molecule has 0 unspecified atom stereocenters. The summed E-state index contributed by atoms with van der Waals surface area (Å²) in [5.41, 5.74) is 3.84. The topological polar surface area (TPSA) is 77.6 Å². The highest BCUT2D eigenvalue weighted by atomic mass is 16.5. The van der Waals surface area contributed by atoms with Gasteiger partial charge in [0.15, 0.2) is 12.4 Å². The van der Waals surface area contributed by atoms with Gasteiger partial charge in [-0.1, -0.05) is 36.4 Å². The summed E-state index contributed by atoms with van der Waals surface area (Å²) in [6, 6.07) is 24.2. The lowest BCUT2D eigenvalue weighted by Crippen LogP contribution is -2.35. The van der Waals surface area contributed by atoms with E-state index in [4.69, 9.17) is 9.15 Å². The number of carbonyl (C=O) groups is 2. The first-order valence-electron chi connectivity index (χ1n) is 10.8. The average Bonchev–Trinajstić information content (AvgIpc) is 3.51. The van der Waals surface area contributed by atoms with Crippen LogP contribution in [0.3, 0.4) is 0 Å². The van der Waals surface area contributed by atoms with Crippen molar-refractivity contribution in [2.75, 3.05) is 18.6 Å². The normalized spacial score (nSPS) is 13.1. The first-order chi connectivity index (χ1) is 16.6. The Labute approximate surface area is 194 Å². The number of nitrogens with zero attached hydrogens (tertiary/aromatic N) is 3. The molecule has 3 heterocycles. The molecule has 0 atom stereocenters. The summed E-state index contributed by atoms with van der Waals surface area (Å²) in [5, 5.41) is 5.32. The number of benzene rings is 3. The van der Waals surface area contributed by atoms with Gasteiger partial charge in [-0.2, -0.15) is 5.10 Å². The fourth-order valence-electron chi connectivity index (χ4n) is 4.27. The van der Waals surface area contributed by atoms with Crippen LogP contribution in [0.2, 0.25) is 0 Å². The monoisotopic (exact) mass is 449 g/mol. The highest BCUT2D eigenvalue weighted by molar-refractivity contribution is 6.16. The van der Waals surface area contributed by atoms with Crippen LogP contribution in [0, 0.1) is 0 Å². The van der Waals surface area contributed by atoms with Crippen LogP contribution in [0.15, 0.2) is 89.5 Å². The molecule has 6 rings (SSSR count). The summed E-state index contributed by atoms with van der Waals surface area (Å²) >= 11 is 0. The Morgan fingerprint density at radius 1 is 0.971 bits per heavy atom. The fourth-order valence-corrected chi connectivity index (χ4v) is 4.27. The number of ether oxygens (including phenoxy) is 1. The third kappa shape index (κ3) is 3.09. The number of anilines is 1. The maximum Gasteiger partial charge on any atom is 0.264 e. The number of aromatic nitrogens is 2. The summed E-state index contributed by atoms with van der Waals surface area (Å²) in [4.78, 5) is 27.4. The molecule has 0 fully saturated rings. The Balaban J connectivity index is 1.53. The predicted octanol–water partition coefficient (Wildman–Crippen LogP) is 4.87. The summed E-state index contributed by atoms with van der Waals surface area (Å²) in [6.45, 7) is -0.0199. The zero-order valence-corrected chi connectivity index (χ0v) is 18.3. The van der Waals surface area contributed by atoms with Crippen LogP contribution in [0.5, 0.6) is 5.75 Å². The van der Waals surface area contributed by atoms with Gasteiger partial charge in [0.1, 0.15) is 11.3 Å². The number of amides is 1. The van der Waals surface area contributed by atoms with Crippen LogP contribution in [0.4, 0.5) is 5.69 Å². The zero-order valence-electron chi connectivity index (χ0n) is 18.3. The van der Waals surface area contributed by atoms with Crippen molar-refractivity contribution in [2.24, 2.45) is 0 Å². The molecule has 1 amide bonds. The number of ketones is 1. The number of furan rings is 1. The second kappa shape index (κ2) is 7.74. The minimum Gasteiger partial charge on any atom is -0.482 e. The van der Waals surface area contributed by atoms with Crippen LogP contribution in [-0.4, -0.2) is 35.1 Å². The Morgan fingerprint density at radius 3 is 2.62 bits per heavy atom. The van der Waals surface area contributed by atoms with E-state index in [-0.39, 0.29) is 24.1 Å². The van der Waals surface area contributed by atoms with Crippen molar-refractivity contribution in [3.8, 4) is 22.7 Å². The first kappa shape index (κ1) is 20.0. The summed E-state index contributed by atoms with van der Waals surface area (Å²) in [7, 11) is 1.67. The standard InChI is InChI=1S/C27H19N3O4/c1-29-21-15-17(11-12-23(21)33-16-24(29)31)26(32)27-25(19-9-5-6-10-22(19)34-27)20-13-14-28-30(20)18-7-3-2-4-8-18/h2-15H,16H2,1H3. The number of fused-ring (bicyclic) bond motifs is 2. The Hall–Kier alpha value is -4.65. The number of para-hydroxylation sites is 2. The second-order valence-electron chi connectivity index (χ2n) is 8.02. The van der Waals surface area contributed by atoms with Crippen LogP contribution in [0.1, 0.15) is 16.1 Å². The van der Waals surface area contributed by atoms with E-state index in [0.29, 0.717) is 28.1 Å². The van der Waals surface area contributed by atoms with Crippen LogP contribution in [0.25, 0.3) is 27.9 Å². The molecule has 7 heteroatoms. The van der Waals surface area contributed by atoms with E-state index in [1.54, 1.807) is 36.1 Å². The molecule has 0 spiro atoms. The van der Waals surface area contributed by atoms with Crippen molar-refractivity contribution in [1.29, 1.82) is 0 Å². The third-order valence-electron chi connectivity index (χ3n) is 6.01. The van der Waals surface area contributed by atoms with E-state index in [0.717, 1.165) is 16.8 Å². The van der Waals surface area contributed by atoms with Gasteiger partial charge in [-0.25, -0.2) is 4.68 Å². The van der Waals surface area contributed by atoms with Gasteiger partial charge in [-0.15, -0.1) is 0 Å². The number of likely N-dealkylation sites (N-methyl/N-ethyl adjacent to an activating group) is 1. The zero-order chi connectivity index (χ0) is 23.2. The number of rotatable bonds is 4. The van der Waals surface area contributed by atoms with Gasteiger partial charge in [0, 0.05) is 18.0 Å². The second-order valence-corrected chi connectivity index (χ2v) is 8.02. The quantitative estimate of drug-likeness (QED) is 0.366. The van der Waals surface area contributed by atoms with E-state index in [9.17, 15) is 9.59 Å². The van der Waals surface area contributed by atoms with Gasteiger partial charge in [-0.3, -0.25) is 9.59 Å². The molecule has 2 aromatic heterocycles. The molecule has 0 saturated carbocycles. The lowest BCUT2D eigenvalue weighted by atomic mass is 10.0. The summed E-state index contributed by atoms with van der Waals surface area (Å²) in [5.74, 6) is 0.310. The van der Waals surface area contributed by atoms with Gasteiger partial charge < -0.3 is 14.1 Å². The molecule has 5 aromatic rings. The van der Waals surface area contributed by atoms with Crippen molar-refractivity contribution in [3.63, 3.8) is 0 Å². The molecule has 1 aliphatic heterocycles. The predicted molar refractivity (Wildman–Crippen MR) is 128 cm³/mol. The van der Waals surface area contributed by atoms with Crippen LogP contribution >= 0.6 is 0 Å². The molecule has 0 bridgehead atoms. The number of carbonyl (C=O) groups excluding carboxylic acids is 2. The Morgan fingerprint density at radius 2 is 1.76 bits per heavy atom. The largest absolute Gasteiger partial charge is 0.482 e. The fraction of sp³-hybridized carbons (Fsp3) is 0.0741. The molecule has 0 radical (unpaired) electrons. The third-order valence-corrected chi connectivity index (χ3v) is 6.01. The van der Waals surface area contributed by atoms with Gasteiger partial charge in [-0.05, 0) is 42.5 Å². The minimum atomic E-state index is -0.291. The lowest BCUT2D eigenvalue weighted by molar-refractivity contribution is -0.120. The SMILES string of the molecule is CN1C(=O)COc2ccc(C(=O)c3oc4ccccc4c3-c3ccnn3-c3ccccc3)cc21. The van der Waals surface area contributed by atoms with Gasteiger partial charge in [0.05, 0.1) is 28.8 Å². The number of hydrogen-bond donors (Lipinski definition) is 0. The molecule has 34 heavy (non-hydrogen) atoms. The van der Waals surface area contributed by atoms with E-state index in [2.05, 4.69) is 5.10 Å². The van der Waals surface area contributed by atoms with E-state index in [1.165, 1.54) is 4.90 Å². The molecule has 7 nitrogen and oxygen atoms in total. The highest BCUT2D eigenvalue weighted by Crippen LogP contribution is 2.38. The van der Waals surface area contributed by atoms with Crippen LogP contribution in [-0.2, 0) is 4.79 Å². The highest BCUT2D eigenvalue weighted by Gasteiger charge is 2.28. The van der Waals surface area contributed by atoms with Crippen LogP contribution < -0.4 is 9.64 Å². The van der Waals surface area contributed by atoms with E-state index in [1.807, 2.05) is 60.7 Å². The Bertz CT molecular complexity index is 1570. The first-order valence-corrected chi connectivity index (χ1v) is 10.8. The van der Waals surface area contributed by atoms with Crippen molar-refractivity contribution in [3.05, 3.63) is 96.4 Å². The Kier molecular flexibility index (Phi) is 4.55. The summed E-state index contributed by atoms with van der Waals surface area (Å²) in [6.07, 6.45) is 1.70. The van der Waals surface area contributed by atoms with Gasteiger partial charge in [0.25, 0.3) is 5.91 Å². The molecule has 3 aromatic carbocycles. The van der Waals surface area contributed by atoms with Gasteiger partial charge >= 0.3 is 0 Å². The lowest BCUT2D eigenvalue weighted by Gasteiger charge is -2.26. The number of hydrogen-bond acceptors (Lipinski definition) is 5. The van der Waals surface area contributed by atoms with E-state index < -0.39 is 0 Å². The minimum absolute atomic E-state index is 0.0199. The molecular weight excluding hydrogens is 430 g/mol. The molecule has 1 aliphatic rings. The summed E-state index contributed by atoms with van der Waals surface area (Å²) < 4.78 is 13.4. The van der Waals surface area contributed by atoms with Crippen molar-refractivity contribution < 1.29 is 18.7 Å². The van der Waals surface area contributed by atoms with Crippen molar-refractivity contribution in [2.45, 2.75) is 0 Å². The molecular formula is C27H19N3O4. The maximum absolute atomic E-state index is 13.8. The van der Waals surface area contributed by atoms with Crippen molar-refractivity contribution in [1.82, 2.24) is 9.78 Å². The maximum atomic E-state index is 13.8. The molecule has 0 saturated heterocycles.